The summed E-state index contributed by atoms with van der Waals surface area (Å²) >= 11 is 0. The van der Waals surface area contributed by atoms with Gasteiger partial charge in [0.2, 0.25) is 0 Å². The van der Waals surface area contributed by atoms with Crippen LogP contribution in [-0.4, -0.2) is 44.6 Å². The number of ether oxygens (including phenoxy) is 1. The highest BCUT2D eigenvalue weighted by Crippen LogP contribution is 2.28. The van der Waals surface area contributed by atoms with Crippen molar-refractivity contribution in [2.24, 2.45) is 5.84 Å². The number of amides is 2. The second kappa shape index (κ2) is 5.72. The van der Waals surface area contributed by atoms with Crippen molar-refractivity contribution in [3.63, 3.8) is 0 Å². The molecule has 21 heavy (non-hydrogen) atoms. The summed E-state index contributed by atoms with van der Waals surface area (Å²) in [4.78, 5) is 29.6. The van der Waals surface area contributed by atoms with Crippen molar-refractivity contribution in [1.82, 2.24) is 19.9 Å². The summed E-state index contributed by atoms with van der Waals surface area (Å²) in [6, 6.07) is -0.667. The summed E-state index contributed by atoms with van der Waals surface area (Å²) in [5, 5.41) is 0. The van der Waals surface area contributed by atoms with Gasteiger partial charge in [-0.1, -0.05) is 0 Å². The van der Waals surface area contributed by atoms with Gasteiger partial charge in [0.25, 0.3) is 5.91 Å². The molecule has 0 saturated carbocycles. The fourth-order valence-corrected chi connectivity index (χ4v) is 2.38. The molecule has 1 aromatic rings. The maximum absolute atomic E-state index is 12.3. The molecule has 1 saturated heterocycles. The van der Waals surface area contributed by atoms with Crippen LogP contribution in [0.2, 0.25) is 0 Å². The Morgan fingerprint density at radius 2 is 2.14 bits per heavy atom. The standard InChI is InChI=1S/C13H21N5O3/c1-13(2,3)21-12(20)18-7-9(17-5-4-15-8-17)6-10(18)11(19)16-14/h4-5,8-10H,6-7,14H2,1-3H3,(H,16,19)/t9-,10+/m1/s1. The van der Waals surface area contributed by atoms with Crippen LogP contribution in [0.25, 0.3) is 0 Å². The van der Waals surface area contributed by atoms with Crippen LogP contribution in [0.5, 0.6) is 0 Å². The van der Waals surface area contributed by atoms with Crippen LogP contribution in [-0.2, 0) is 9.53 Å². The van der Waals surface area contributed by atoms with E-state index in [2.05, 4.69) is 10.4 Å². The normalized spacial score (nSPS) is 22.2. The van der Waals surface area contributed by atoms with Crippen LogP contribution in [0, 0.1) is 0 Å². The van der Waals surface area contributed by atoms with Gasteiger partial charge >= 0.3 is 6.09 Å². The molecule has 3 N–H and O–H groups in total. The molecule has 8 nitrogen and oxygen atoms in total. The Morgan fingerprint density at radius 3 is 2.67 bits per heavy atom. The van der Waals surface area contributed by atoms with Gasteiger partial charge < -0.3 is 9.30 Å². The molecule has 0 bridgehead atoms. The molecule has 116 valence electrons. The first-order valence-electron chi connectivity index (χ1n) is 6.79. The molecule has 1 aromatic heterocycles. The zero-order valence-corrected chi connectivity index (χ0v) is 12.4. The van der Waals surface area contributed by atoms with Gasteiger partial charge in [-0.2, -0.15) is 0 Å². The molecule has 0 unspecified atom stereocenters. The molecule has 0 aromatic carbocycles. The third-order valence-electron chi connectivity index (χ3n) is 3.30. The molecule has 8 heteroatoms. The number of carbonyl (C=O) groups is 2. The van der Waals surface area contributed by atoms with Crippen LogP contribution in [0.1, 0.15) is 33.2 Å². The molecule has 0 radical (unpaired) electrons. The number of hydrazine groups is 1. The van der Waals surface area contributed by atoms with Crippen LogP contribution in [0.4, 0.5) is 4.79 Å². The zero-order chi connectivity index (χ0) is 15.6. The lowest BCUT2D eigenvalue weighted by atomic mass is 10.1. The Bertz CT molecular complexity index is 508. The Morgan fingerprint density at radius 1 is 1.43 bits per heavy atom. The highest BCUT2D eigenvalue weighted by Gasteiger charge is 2.41. The maximum Gasteiger partial charge on any atom is 0.411 e. The number of carbonyl (C=O) groups excluding carboxylic acids is 2. The van der Waals surface area contributed by atoms with Crippen molar-refractivity contribution in [1.29, 1.82) is 0 Å². The number of likely N-dealkylation sites (tertiary alicyclic amines) is 1. The second-order valence-electron chi connectivity index (χ2n) is 6.06. The average Bonchev–Trinajstić information content (AvgIpc) is 3.04. The van der Waals surface area contributed by atoms with E-state index in [9.17, 15) is 9.59 Å². The van der Waals surface area contributed by atoms with E-state index in [-0.39, 0.29) is 6.04 Å². The minimum Gasteiger partial charge on any atom is -0.444 e. The first-order chi connectivity index (χ1) is 9.81. The summed E-state index contributed by atoms with van der Waals surface area (Å²) in [5.74, 6) is 4.81. The summed E-state index contributed by atoms with van der Waals surface area (Å²) in [7, 11) is 0. The molecular formula is C13H21N5O3. The van der Waals surface area contributed by atoms with Gasteiger partial charge in [-0.25, -0.2) is 15.6 Å². The molecule has 1 aliphatic heterocycles. The predicted octanol–water partition coefficient (Wildman–Crippen LogP) is 0.424. The van der Waals surface area contributed by atoms with Gasteiger partial charge in [0.15, 0.2) is 0 Å². The number of imidazole rings is 1. The number of aromatic nitrogens is 2. The molecule has 2 atom stereocenters. The molecule has 2 amide bonds. The SMILES string of the molecule is CC(C)(C)OC(=O)N1C[C@H](n2ccnc2)C[C@H]1C(=O)NN. The van der Waals surface area contributed by atoms with E-state index in [1.54, 1.807) is 39.5 Å². The summed E-state index contributed by atoms with van der Waals surface area (Å²) < 4.78 is 7.23. The minimum absolute atomic E-state index is 0.0256. The van der Waals surface area contributed by atoms with E-state index >= 15 is 0 Å². The van der Waals surface area contributed by atoms with Crippen LogP contribution in [0.15, 0.2) is 18.7 Å². The quantitative estimate of drug-likeness (QED) is 0.468. The Balaban J connectivity index is 2.16. The molecule has 1 aliphatic rings. The fraction of sp³-hybridized carbons (Fsp3) is 0.615. The highest BCUT2D eigenvalue weighted by molar-refractivity contribution is 5.86. The number of rotatable bonds is 2. The number of nitrogens with zero attached hydrogens (tertiary/aromatic N) is 3. The maximum atomic E-state index is 12.3. The largest absolute Gasteiger partial charge is 0.444 e. The lowest BCUT2D eigenvalue weighted by Gasteiger charge is -2.27. The molecule has 0 spiro atoms. The number of nitrogens with two attached hydrogens (primary N) is 1. The van der Waals surface area contributed by atoms with Crippen molar-refractivity contribution in [2.45, 2.75) is 44.9 Å². The Labute approximate surface area is 123 Å². The summed E-state index contributed by atoms with van der Waals surface area (Å²) in [6.07, 6.45) is 5.09. The van der Waals surface area contributed by atoms with Crippen molar-refractivity contribution in [2.75, 3.05) is 6.54 Å². The van der Waals surface area contributed by atoms with Crippen molar-refractivity contribution in [3.8, 4) is 0 Å². The summed E-state index contributed by atoms with van der Waals surface area (Å²) in [6.45, 7) is 5.73. The van der Waals surface area contributed by atoms with E-state index in [1.807, 2.05) is 4.57 Å². The van der Waals surface area contributed by atoms with Crippen molar-refractivity contribution >= 4 is 12.0 Å². The van der Waals surface area contributed by atoms with Gasteiger partial charge in [0.05, 0.1) is 12.4 Å². The molecule has 1 fully saturated rings. The smallest absolute Gasteiger partial charge is 0.411 e. The third kappa shape index (κ3) is 3.52. The van der Waals surface area contributed by atoms with Gasteiger partial charge in [0.1, 0.15) is 11.6 Å². The first-order valence-corrected chi connectivity index (χ1v) is 6.79. The lowest BCUT2D eigenvalue weighted by Crippen LogP contribution is -2.49. The summed E-state index contributed by atoms with van der Waals surface area (Å²) in [5.41, 5.74) is 1.49. The van der Waals surface area contributed by atoms with E-state index < -0.39 is 23.6 Å². The lowest BCUT2D eigenvalue weighted by molar-refractivity contribution is -0.125. The molecule has 0 aliphatic carbocycles. The topological polar surface area (TPSA) is 102 Å². The second-order valence-corrected chi connectivity index (χ2v) is 6.06. The van der Waals surface area contributed by atoms with Crippen LogP contribution >= 0.6 is 0 Å². The van der Waals surface area contributed by atoms with Crippen LogP contribution in [0.3, 0.4) is 0 Å². The predicted molar refractivity (Wildman–Crippen MR) is 74.9 cm³/mol. The number of hydrogen-bond donors (Lipinski definition) is 2. The first kappa shape index (κ1) is 15.3. The number of hydrogen-bond acceptors (Lipinski definition) is 5. The monoisotopic (exact) mass is 295 g/mol. The van der Waals surface area contributed by atoms with Crippen LogP contribution < -0.4 is 11.3 Å². The fourth-order valence-electron chi connectivity index (χ4n) is 2.38. The van der Waals surface area contributed by atoms with Crippen molar-refractivity contribution in [3.05, 3.63) is 18.7 Å². The molecule has 2 rings (SSSR count). The van der Waals surface area contributed by atoms with Gasteiger partial charge in [0, 0.05) is 18.9 Å². The minimum atomic E-state index is -0.641. The zero-order valence-electron chi connectivity index (χ0n) is 12.4. The highest BCUT2D eigenvalue weighted by atomic mass is 16.6. The van der Waals surface area contributed by atoms with Gasteiger partial charge in [-0.15, -0.1) is 0 Å². The van der Waals surface area contributed by atoms with Gasteiger partial charge in [-0.05, 0) is 27.2 Å². The molecule has 2 heterocycles. The van der Waals surface area contributed by atoms with Crippen molar-refractivity contribution < 1.29 is 14.3 Å². The van der Waals surface area contributed by atoms with E-state index in [0.29, 0.717) is 13.0 Å². The van der Waals surface area contributed by atoms with E-state index in [4.69, 9.17) is 10.6 Å². The Hall–Kier alpha value is -2.09. The number of nitrogens with one attached hydrogen (secondary N) is 1. The third-order valence-corrected chi connectivity index (χ3v) is 3.30. The van der Waals surface area contributed by atoms with Gasteiger partial charge in [-0.3, -0.25) is 15.1 Å². The van der Waals surface area contributed by atoms with E-state index in [1.165, 1.54) is 4.90 Å². The molecular weight excluding hydrogens is 274 g/mol. The average molecular weight is 295 g/mol. The van der Waals surface area contributed by atoms with E-state index in [0.717, 1.165) is 0 Å². The Kier molecular flexibility index (Phi) is 4.17.